The first-order chi connectivity index (χ1) is 13.2. The fraction of sp³-hybridized carbons (Fsp3) is 0.389. The van der Waals surface area contributed by atoms with Gasteiger partial charge in [0, 0.05) is 24.3 Å². The number of rotatable bonds is 10. The van der Waals surface area contributed by atoms with E-state index >= 15 is 0 Å². The Balaban J connectivity index is 2.69. The summed E-state index contributed by atoms with van der Waals surface area (Å²) >= 11 is 11.7. The Bertz CT molecular complexity index is 779. The van der Waals surface area contributed by atoms with Gasteiger partial charge in [-0.05, 0) is 18.2 Å². The van der Waals surface area contributed by atoms with Gasteiger partial charge >= 0.3 is 11.9 Å². The van der Waals surface area contributed by atoms with E-state index in [4.69, 9.17) is 23.2 Å². The van der Waals surface area contributed by atoms with Crippen molar-refractivity contribution in [1.29, 1.82) is 0 Å². The number of halogens is 2. The largest absolute Gasteiger partial charge is 0.469 e. The average Bonchev–Trinajstić information content (AvgIpc) is 2.66. The fourth-order valence-corrected chi connectivity index (χ4v) is 2.67. The van der Waals surface area contributed by atoms with Gasteiger partial charge in [0.15, 0.2) is 17.5 Å². The van der Waals surface area contributed by atoms with Crippen LogP contribution >= 0.6 is 23.2 Å². The smallest absolute Gasteiger partial charge is 0.323 e. The van der Waals surface area contributed by atoms with Crippen LogP contribution < -0.4 is 5.32 Å². The summed E-state index contributed by atoms with van der Waals surface area (Å²) in [5.74, 6) is -5.48. The highest BCUT2D eigenvalue weighted by Crippen LogP contribution is 2.25. The number of Topliss-reactive ketones (excluding diaryl/α,β-unsaturated/α-hetero) is 2. The van der Waals surface area contributed by atoms with Gasteiger partial charge in [0.05, 0.1) is 31.4 Å². The van der Waals surface area contributed by atoms with E-state index in [1.807, 2.05) is 0 Å². The minimum atomic E-state index is -1.69. The van der Waals surface area contributed by atoms with E-state index in [0.717, 1.165) is 14.2 Å². The maximum absolute atomic E-state index is 12.3. The van der Waals surface area contributed by atoms with Crippen molar-refractivity contribution in [1.82, 2.24) is 0 Å². The summed E-state index contributed by atoms with van der Waals surface area (Å²) in [5, 5.41) is 3.12. The van der Waals surface area contributed by atoms with Crippen molar-refractivity contribution in [2.24, 2.45) is 5.92 Å². The van der Waals surface area contributed by atoms with Crippen LogP contribution in [-0.2, 0) is 33.4 Å². The molecule has 0 unspecified atom stereocenters. The van der Waals surface area contributed by atoms with Gasteiger partial charge in [-0.2, -0.15) is 0 Å². The molecule has 0 saturated heterocycles. The van der Waals surface area contributed by atoms with E-state index in [2.05, 4.69) is 14.8 Å². The van der Waals surface area contributed by atoms with Crippen molar-refractivity contribution in [2.75, 3.05) is 19.5 Å². The number of esters is 2. The summed E-state index contributed by atoms with van der Waals surface area (Å²) in [4.78, 5) is 59.4. The molecular formula is C18H19Cl2NO7. The predicted octanol–water partition coefficient (Wildman–Crippen LogP) is 2.59. The van der Waals surface area contributed by atoms with Crippen molar-refractivity contribution >= 4 is 58.3 Å². The molecule has 0 aliphatic rings. The number of benzene rings is 1. The zero-order chi connectivity index (χ0) is 21.3. The number of nitrogens with one attached hydrogen (secondary N) is 1. The van der Waals surface area contributed by atoms with Crippen molar-refractivity contribution in [3.8, 4) is 0 Å². The highest BCUT2D eigenvalue weighted by atomic mass is 35.5. The summed E-state index contributed by atoms with van der Waals surface area (Å²) in [5.41, 5.74) is 0.308. The van der Waals surface area contributed by atoms with Crippen LogP contribution in [0.3, 0.4) is 0 Å². The van der Waals surface area contributed by atoms with E-state index in [1.165, 1.54) is 18.2 Å². The maximum atomic E-state index is 12.3. The lowest BCUT2D eigenvalue weighted by molar-refractivity contribution is -0.154. The molecule has 1 rings (SSSR count). The number of anilines is 1. The van der Waals surface area contributed by atoms with Crippen LogP contribution in [0.5, 0.6) is 0 Å². The summed E-state index contributed by atoms with van der Waals surface area (Å²) in [7, 11) is 2.19. The molecule has 1 aromatic carbocycles. The van der Waals surface area contributed by atoms with Gasteiger partial charge in [0.1, 0.15) is 0 Å². The number of carbonyl (C=O) groups excluding carboxylic acids is 5. The van der Waals surface area contributed by atoms with Gasteiger partial charge < -0.3 is 14.8 Å². The second-order valence-electron chi connectivity index (χ2n) is 5.64. The molecule has 0 aromatic heterocycles. The summed E-state index contributed by atoms with van der Waals surface area (Å²) in [6, 6.07) is 4.47. The highest BCUT2D eigenvalue weighted by Gasteiger charge is 2.34. The van der Waals surface area contributed by atoms with E-state index < -0.39 is 35.3 Å². The molecule has 152 valence electrons. The topological polar surface area (TPSA) is 116 Å². The summed E-state index contributed by atoms with van der Waals surface area (Å²) in [6.07, 6.45) is -1.28. The first kappa shape index (κ1) is 23.6. The van der Waals surface area contributed by atoms with Crippen LogP contribution in [0.4, 0.5) is 5.69 Å². The Morgan fingerprint density at radius 1 is 0.929 bits per heavy atom. The lowest BCUT2D eigenvalue weighted by Gasteiger charge is -2.13. The molecule has 0 aliphatic heterocycles. The first-order valence-electron chi connectivity index (χ1n) is 8.14. The zero-order valence-electron chi connectivity index (χ0n) is 15.3. The zero-order valence-corrected chi connectivity index (χ0v) is 16.8. The van der Waals surface area contributed by atoms with Gasteiger partial charge in [0.2, 0.25) is 5.91 Å². The number of carbonyl (C=O) groups is 5. The summed E-state index contributed by atoms with van der Waals surface area (Å²) < 4.78 is 8.91. The van der Waals surface area contributed by atoms with Crippen LogP contribution in [0, 0.1) is 5.92 Å². The van der Waals surface area contributed by atoms with Crippen LogP contribution in [0.25, 0.3) is 0 Å². The molecule has 0 radical (unpaired) electrons. The summed E-state index contributed by atoms with van der Waals surface area (Å²) in [6.45, 7) is 0. The van der Waals surface area contributed by atoms with E-state index in [1.54, 1.807) is 0 Å². The Labute approximate surface area is 171 Å². The van der Waals surface area contributed by atoms with Crippen LogP contribution in [-0.4, -0.2) is 43.6 Å². The lowest BCUT2D eigenvalue weighted by Crippen LogP contribution is -2.33. The number of hydrogen-bond donors (Lipinski definition) is 1. The van der Waals surface area contributed by atoms with Crippen LogP contribution in [0.1, 0.15) is 25.7 Å². The number of hydrogen-bond acceptors (Lipinski definition) is 7. The monoisotopic (exact) mass is 431 g/mol. The molecule has 28 heavy (non-hydrogen) atoms. The van der Waals surface area contributed by atoms with Gasteiger partial charge in [-0.3, -0.25) is 24.0 Å². The Morgan fingerprint density at radius 3 is 2.07 bits per heavy atom. The number of methoxy groups -OCH3 is 2. The standard InChI is InChI=1S/C18H19Cl2NO7/c1-27-16(25)8-6-14(23)17(18(26)28-2)13(22)5-7-15(24)21-12-4-3-10(19)9-11(12)20/h3-4,9,17H,5-8H2,1-2H3,(H,21,24)/t17-/m0/s1. The third kappa shape index (κ3) is 7.28. The third-order valence-electron chi connectivity index (χ3n) is 3.69. The average molecular weight is 432 g/mol. The normalized spacial score (nSPS) is 11.3. The second-order valence-corrected chi connectivity index (χ2v) is 6.48. The Hall–Kier alpha value is -2.45. The molecular weight excluding hydrogens is 413 g/mol. The van der Waals surface area contributed by atoms with E-state index in [9.17, 15) is 24.0 Å². The van der Waals surface area contributed by atoms with Crippen molar-refractivity contribution < 1.29 is 33.4 Å². The molecule has 0 heterocycles. The number of ketones is 2. The molecule has 8 nitrogen and oxygen atoms in total. The SMILES string of the molecule is COC(=O)CCC(=O)[C@H](C(=O)CCC(=O)Nc1ccc(Cl)cc1Cl)C(=O)OC. The van der Waals surface area contributed by atoms with Crippen molar-refractivity contribution in [3.05, 3.63) is 28.2 Å². The Kier molecular flexibility index (Phi) is 9.61. The third-order valence-corrected chi connectivity index (χ3v) is 4.24. The van der Waals surface area contributed by atoms with E-state index in [-0.39, 0.29) is 30.7 Å². The molecule has 0 fully saturated rings. The van der Waals surface area contributed by atoms with Gasteiger partial charge in [0.25, 0.3) is 0 Å². The molecule has 0 aliphatic carbocycles. The molecule has 0 bridgehead atoms. The van der Waals surface area contributed by atoms with Crippen LogP contribution in [0.2, 0.25) is 10.0 Å². The van der Waals surface area contributed by atoms with Crippen LogP contribution in [0.15, 0.2) is 18.2 Å². The number of ether oxygens (including phenoxy) is 2. The molecule has 10 heteroatoms. The van der Waals surface area contributed by atoms with Crippen molar-refractivity contribution in [3.63, 3.8) is 0 Å². The van der Waals surface area contributed by atoms with Gasteiger partial charge in [-0.1, -0.05) is 23.2 Å². The molecule has 1 aromatic rings. The minimum Gasteiger partial charge on any atom is -0.469 e. The highest BCUT2D eigenvalue weighted by molar-refractivity contribution is 6.36. The van der Waals surface area contributed by atoms with E-state index in [0.29, 0.717) is 10.7 Å². The molecule has 1 amide bonds. The fourth-order valence-electron chi connectivity index (χ4n) is 2.22. The lowest BCUT2D eigenvalue weighted by atomic mass is 9.93. The molecule has 1 N–H and O–H groups in total. The minimum absolute atomic E-state index is 0.220. The molecule has 0 spiro atoms. The van der Waals surface area contributed by atoms with Crippen molar-refractivity contribution in [2.45, 2.75) is 25.7 Å². The van der Waals surface area contributed by atoms with Gasteiger partial charge in [-0.25, -0.2) is 0 Å². The quantitative estimate of drug-likeness (QED) is 0.446. The number of amides is 1. The predicted molar refractivity (Wildman–Crippen MR) is 101 cm³/mol. The Morgan fingerprint density at radius 2 is 1.54 bits per heavy atom. The maximum Gasteiger partial charge on any atom is 0.323 e. The molecule has 0 saturated carbocycles. The second kappa shape index (κ2) is 11.4. The molecule has 1 atom stereocenters. The van der Waals surface area contributed by atoms with Gasteiger partial charge in [-0.15, -0.1) is 0 Å². The first-order valence-corrected chi connectivity index (χ1v) is 8.90.